The van der Waals surface area contributed by atoms with E-state index in [1.807, 2.05) is 0 Å². The second-order valence-electron chi connectivity index (χ2n) is 5.18. The molecule has 0 bridgehead atoms. The van der Waals surface area contributed by atoms with Crippen LogP contribution >= 0.6 is 0 Å². The summed E-state index contributed by atoms with van der Waals surface area (Å²) >= 11 is 0. The minimum Gasteiger partial charge on any atom is -0.379 e. The average Bonchev–Trinajstić information content (AvgIpc) is 2.92. The Morgan fingerprint density at radius 3 is 2.79 bits per heavy atom. The predicted octanol–water partition coefficient (Wildman–Crippen LogP) is 0.202. The van der Waals surface area contributed by atoms with Crippen LogP contribution in [-0.4, -0.2) is 70.5 Å². The Morgan fingerprint density at radius 2 is 2.11 bits per heavy atom. The molecule has 2 aliphatic heterocycles. The monoisotopic (exact) mass is 267 g/mol. The number of aromatic amines is 1. The van der Waals surface area contributed by atoms with Crippen LogP contribution < -0.4 is 0 Å². The number of nitrogens with one attached hydrogen (secondary N) is 1. The number of aromatic nitrogens is 3. The van der Waals surface area contributed by atoms with E-state index in [9.17, 15) is 0 Å². The van der Waals surface area contributed by atoms with Crippen molar-refractivity contribution in [1.29, 1.82) is 0 Å². The van der Waals surface area contributed by atoms with Gasteiger partial charge in [-0.2, -0.15) is 15.4 Å². The third-order valence-corrected chi connectivity index (χ3v) is 3.74. The van der Waals surface area contributed by atoms with E-state index in [4.69, 9.17) is 9.47 Å². The van der Waals surface area contributed by atoms with E-state index in [1.165, 1.54) is 0 Å². The third kappa shape index (κ3) is 2.64. The quantitative estimate of drug-likeness (QED) is 0.826. The Labute approximate surface area is 112 Å². The first-order valence-corrected chi connectivity index (χ1v) is 6.86. The molecule has 1 aromatic rings. The van der Waals surface area contributed by atoms with Crippen molar-refractivity contribution in [3.05, 3.63) is 11.9 Å². The van der Waals surface area contributed by atoms with Gasteiger partial charge in [0.2, 0.25) is 0 Å². The maximum atomic E-state index is 5.96. The lowest BCUT2D eigenvalue weighted by Crippen LogP contribution is -2.58. The fourth-order valence-electron chi connectivity index (χ4n) is 2.95. The Balaban J connectivity index is 1.83. The summed E-state index contributed by atoms with van der Waals surface area (Å²) in [5.41, 5.74) is 0.936. The van der Waals surface area contributed by atoms with Gasteiger partial charge in [0.05, 0.1) is 37.7 Å². The van der Waals surface area contributed by atoms with Crippen molar-refractivity contribution in [2.24, 2.45) is 0 Å². The number of nitrogens with zero attached hydrogens (tertiary/aromatic N) is 4. The van der Waals surface area contributed by atoms with E-state index in [0.29, 0.717) is 0 Å². The number of H-pyrrole nitrogens is 1. The van der Waals surface area contributed by atoms with Gasteiger partial charge in [-0.05, 0) is 13.8 Å². The molecule has 7 heteroatoms. The first kappa shape index (κ1) is 13.0. The fourth-order valence-corrected chi connectivity index (χ4v) is 2.95. The molecule has 2 saturated heterocycles. The van der Waals surface area contributed by atoms with Crippen molar-refractivity contribution >= 4 is 0 Å². The molecule has 0 amide bonds. The van der Waals surface area contributed by atoms with Crippen molar-refractivity contribution < 1.29 is 9.47 Å². The number of hydrogen-bond donors (Lipinski definition) is 1. The highest BCUT2D eigenvalue weighted by Crippen LogP contribution is 2.31. The number of ether oxygens (including phenoxy) is 2. The number of hydrogen-bond acceptors (Lipinski definition) is 6. The van der Waals surface area contributed by atoms with Gasteiger partial charge in [-0.25, -0.2) is 10.0 Å². The van der Waals surface area contributed by atoms with Crippen LogP contribution in [0.15, 0.2) is 6.20 Å². The maximum absolute atomic E-state index is 5.96. The molecule has 0 radical (unpaired) electrons. The zero-order chi connectivity index (χ0) is 13.2. The molecule has 0 aliphatic carbocycles. The van der Waals surface area contributed by atoms with E-state index >= 15 is 0 Å². The zero-order valence-corrected chi connectivity index (χ0v) is 11.5. The van der Waals surface area contributed by atoms with Gasteiger partial charge in [-0.15, -0.1) is 0 Å². The summed E-state index contributed by atoms with van der Waals surface area (Å²) in [4.78, 5) is 0. The summed E-state index contributed by atoms with van der Waals surface area (Å²) in [7, 11) is 0. The molecule has 3 atom stereocenters. The van der Waals surface area contributed by atoms with Crippen molar-refractivity contribution in [3.63, 3.8) is 0 Å². The summed E-state index contributed by atoms with van der Waals surface area (Å²) in [6.45, 7) is 8.51. The predicted molar refractivity (Wildman–Crippen MR) is 68.2 cm³/mol. The fraction of sp³-hybridized carbons (Fsp3) is 0.833. The molecule has 0 spiro atoms. The average molecular weight is 267 g/mol. The first-order valence-electron chi connectivity index (χ1n) is 6.86. The van der Waals surface area contributed by atoms with Crippen LogP contribution in [0.4, 0.5) is 0 Å². The van der Waals surface area contributed by atoms with Gasteiger partial charge in [0.25, 0.3) is 0 Å². The van der Waals surface area contributed by atoms with Crippen LogP contribution in [0.3, 0.4) is 0 Å². The lowest BCUT2D eigenvalue weighted by Gasteiger charge is -2.48. The first-order chi connectivity index (χ1) is 9.25. The van der Waals surface area contributed by atoms with Crippen LogP contribution in [0.1, 0.15) is 25.6 Å². The normalized spacial score (nSPS) is 34.5. The number of morpholine rings is 2. The SMILES string of the molecule is CC1CN(N2CCOCC2)C(c2cn[nH]n2)C(C)O1. The zero-order valence-electron chi connectivity index (χ0n) is 11.5. The van der Waals surface area contributed by atoms with E-state index in [0.717, 1.165) is 38.5 Å². The molecule has 1 N–H and O–H groups in total. The van der Waals surface area contributed by atoms with Crippen LogP contribution in [-0.2, 0) is 9.47 Å². The highest BCUT2D eigenvalue weighted by Gasteiger charge is 2.38. The van der Waals surface area contributed by atoms with Crippen LogP contribution in [0, 0.1) is 0 Å². The van der Waals surface area contributed by atoms with E-state index in [-0.39, 0.29) is 18.2 Å². The summed E-state index contributed by atoms with van der Waals surface area (Å²) in [6, 6.07) is 0.119. The van der Waals surface area contributed by atoms with Gasteiger partial charge in [0, 0.05) is 19.6 Å². The molecule has 0 saturated carbocycles. The molecule has 1 aromatic heterocycles. The van der Waals surface area contributed by atoms with Crippen LogP contribution in [0.2, 0.25) is 0 Å². The Kier molecular flexibility index (Phi) is 3.79. The summed E-state index contributed by atoms with van der Waals surface area (Å²) in [5, 5.41) is 15.6. The molecule has 3 unspecified atom stereocenters. The van der Waals surface area contributed by atoms with Gasteiger partial charge in [-0.1, -0.05) is 0 Å². The smallest absolute Gasteiger partial charge is 0.104 e. The third-order valence-electron chi connectivity index (χ3n) is 3.74. The minimum atomic E-state index is 0.0942. The van der Waals surface area contributed by atoms with Gasteiger partial charge < -0.3 is 9.47 Å². The number of hydrazine groups is 1. The molecule has 19 heavy (non-hydrogen) atoms. The second-order valence-corrected chi connectivity index (χ2v) is 5.18. The van der Waals surface area contributed by atoms with Gasteiger partial charge >= 0.3 is 0 Å². The number of rotatable bonds is 2. The molecular weight excluding hydrogens is 246 g/mol. The van der Waals surface area contributed by atoms with Gasteiger partial charge in [0.15, 0.2) is 0 Å². The molecule has 2 aliphatic rings. The lowest BCUT2D eigenvalue weighted by molar-refractivity contribution is -0.202. The molecule has 3 heterocycles. The molecule has 0 aromatic carbocycles. The largest absolute Gasteiger partial charge is 0.379 e. The second kappa shape index (κ2) is 5.54. The topological polar surface area (TPSA) is 66.5 Å². The van der Waals surface area contributed by atoms with Gasteiger partial charge in [-0.3, -0.25) is 0 Å². The Morgan fingerprint density at radius 1 is 1.32 bits per heavy atom. The van der Waals surface area contributed by atoms with Crippen molar-refractivity contribution in [2.45, 2.75) is 32.1 Å². The van der Waals surface area contributed by atoms with Gasteiger partial charge in [0.1, 0.15) is 5.69 Å². The van der Waals surface area contributed by atoms with Crippen LogP contribution in [0.5, 0.6) is 0 Å². The highest BCUT2D eigenvalue weighted by atomic mass is 16.5. The standard InChI is InChI=1S/C12H21N5O2/c1-9-8-17(16-3-5-18-6-4-16)12(10(2)19-9)11-7-13-15-14-11/h7,9-10,12H,3-6,8H2,1-2H3,(H,13,14,15). The summed E-state index contributed by atoms with van der Waals surface area (Å²) in [5.74, 6) is 0. The van der Waals surface area contributed by atoms with Crippen LogP contribution in [0.25, 0.3) is 0 Å². The maximum Gasteiger partial charge on any atom is 0.104 e. The van der Waals surface area contributed by atoms with E-state index in [1.54, 1.807) is 6.20 Å². The summed E-state index contributed by atoms with van der Waals surface area (Å²) < 4.78 is 11.4. The van der Waals surface area contributed by atoms with E-state index in [2.05, 4.69) is 39.3 Å². The molecule has 3 rings (SSSR count). The summed E-state index contributed by atoms with van der Waals surface area (Å²) in [6.07, 6.45) is 2.10. The molecule has 7 nitrogen and oxygen atoms in total. The lowest BCUT2D eigenvalue weighted by atomic mass is 10.1. The van der Waals surface area contributed by atoms with Crippen molar-refractivity contribution in [1.82, 2.24) is 25.4 Å². The van der Waals surface area contributed by atoms with Crippen molar-refractivity contribution in [2.75, 3.05) is 32.8 Å². The Hall–Kier alpha value is -1.02. The minimum absolute atomic E-state index is 0.0942. The molecule has 106 valence electrons. The highest BCUT2D eigenvalue weighted by molar-refractivity contribution is 5.04. The van der Waals surface area contributed by atoms with E-state index < -0.39 is 0 Å². The van der Waals surface area contributed by atoms with Crippen molar-refractivity contribution in [3.8, 4) is 0 Å². The molecular formula is C12H21N5O2. The Bertz CT molecular complexity index is 393. The molecule has 2 fully saturated rings.